The normalized spacial score (nSPS) is 15.7. The second kappa shape index (κ2) is 5.52. The number of carbonyl (C=O) groups is 2. The molecule has 0 aliphatic carbocycles. The first-order valence-corrected chi connectivity index (χ1v) is 6.55. The van der Waals surface area contributed by atoms with E-state index in [-0.39, 0.29) is 11.8 Å². The van der Waals surface area contributed by atoms with Crippen molar-refractivity contribution in [3.8, 4) is 0 Å². The van der Waals surface area contributed by atoms with Gasteiger partial charge in [0.05, 0.1) is 18.4 Å². The molecule has 96 valence electrons. The van der Waals surface area contributed by atoms with Crippen LogP contribution in [0.2, 0.25) is 0 Å². The Morgan fingerprint density at radius 2 is 2.00 bits per heavy atom. The van der Waals surface area contributed by atoms with Gasteiger partial charge in [-0.1, -0.05) is 15.9 Å². The summed E-state index contributed by atoms with van der Waals surface area (Å²) in [5, 5.41) is 0. The summed E-state index contributed by atoms with van der Waals surface area (Å²) >= 11 is 3.35. The zero-order valence-electron chi connectivity index (χ0n) is 10.1. The number of carbonyl (C=O) groups excluding carboxylic acids is 2. The molecule has 1 fully saturated rings. The Morgan fingerprint density at radius 1 is 1.33 bits per heavy atom. The molecule has 2 rings (SSSR count). The van der Waals surface area contributed by atoms with Crippen LogP contribution in [0.5, 0.6) is 0 Å². The van der Waals surface area contributed by atoms with E-state index in [9.17, 15) is 9.59 Å². The lowest BCUT2D eigenvalue weighted by atomic mass is 10.1. The molecule has 1 aliphatic rings. The molecule has 18 heavy (non-hydrogen) atoms. The Balaban J connectivity index is 2.31. The predicted molar refractivity (Wildman–Crippen MR) is 71.9 cm³/mol. The molecule has 0 atom stereocenters. The molecule has 1 heterocycles. The van der Waals surface area contributed by atoms with E-state index in [4.69, 9.17) is 4.74 Å². The minimum absolute atomic E-state index is 0.281. The van der Waals surface area contributed by atoms with Crippen LogP contribution in [0.4, 0.5) is 5.69 Å². The summed E-state index contributed by atoms with van der Waals surface area (Å²) in [6.07, 6.45) is 1.08. The maximum Gasteiger partial charge on any atom is 0.340 e. The largest absolute Gasteiger partial charge is 0.465 e. The lowest BCUT2D eigenvalue weighted by Crippen LogP contribution is -2.34. The molecule has 0 bridgehead atoms. The molecule has 1 aromatic rings. The molecule has 1 saturated heterocycles. The molecule has 0 amide bonds. The third-order valence-electron chi connectivity index (χ3n) is 3.03. The summed E-state index contributed by atoms with van der Waals surface area (Å²) in [6, 6.07) is 5.52. The number of benzene rings is 1. The maximum absolute atomic E-state index is 11.8. The second-order valence-electron chi connectivity index (χ2n) is 4.18. The average molecular weight is 312 g/mol. The van der Waals surface area contributed by atoms with Crippen molar-refractivity contribution in [3.05, 3.63) is 28.2 Å². The molecular weight excluding hydrogens is 298 g/mol. The fourth-order valence-electron chi connectivity index (χ4n) is 2.05. The number of Topliss-reactive ketones (excluding diaryl/α,β-unsaturated/α-hetero) is 1. The third kappa shape index (κ3) is 2.72. The Labute approximate surface area is 114 Å². The smallest absolute Gasteiger partial charge is 0.340 e. The van der Waals surface area contributed by atoms with Crippen molar-refractivity contribution >= 4 is 33.4 Å². The van der Waals surface area contributed by atoms with Crippen LogP contribution in [-0.4, -0.2) is 32.0 Å². The topological polar surface area (TPSA) is 46.6 Å². The van der Waals surface area contributed by atoms with Gasteiger partial charge in [0.1, 0.15) is 5.78 Å². The lowest BCUT2D eigenvalue weighted by molar-refractivity contribution is -0.119. The van der Waals surface area contributed by atoms with E-state index in [0.717, 1.165) is 10.2 Å². The van der Waals surface area contributed by atoms with Gasteiger partial charge < -0.3 is 9.64 Å². The SMILES string of the molecule is COC(=O)c1cc(Br)ccc1N1CCC(=O)CC1. The van der Waals surface area contributed by atoms with Gasteiger partial charge in [-0.05, 0) is 18.2 Å². The zero-order chi connectivity index (χ0) is 13.1. The summed E-state index contributed by atoms with van der Waals surface area (Å²) in [7, 11) is 1.37. The van der Waals surface area contributed by atoms with Gasteiger partial charge in [-0.2, -0.15) is 0 Å². The van der Waals surface area contributed by atoms with Gasteiger partial charge >= 0.3 is 5.97 Å². The van der Waals surface area contributed by atoms with Gasteiger partial charge in [0.2, 0.25) is 0 Å². The van der Waals surface area contributed by atoms with Gasteiger partial charge in [0.25, 0.3) is 0 Å². The van der Waals surface area contributed by atoms with E-state index in [2.05, 4.69) is 20.8 Å². The zero-order valence-corrected chi connectivity index (χ0v) is 11.7. The standard InChI is InChI=1S/C13H14BrNO3/c1-18-13(17)11-8-9(14)2-3-12(11)15-6-4-10(16)5-7-15/h2-3,8H,4-7H2,1H3. The van der Waals surface area contributed by atoms with Crippen LogP contribution < -0.4 is 4.90 Å². The number of ether oxygens (including phenoxy) is 1. The predicted octanol–water partition coefficient (Wildman–Crippen LogP) is 2.41. The summed E-state index contributed by atoms with van der Waals surface area (Å²) in [6.45, 7) is 1.31. The molecule has 0 unspecified atom stereocenters. The van der Waals surface area contributed by atoms with Crippen LogP contribution in [-0.2, 0) is 9.53 Å². The van der Waals surface area contributed by atoms with E-state index in [1.165, 1.54) is 7.11 Å². The monoisotopic (exact) mass is 311 g/mol. The minimum atomic E-state index is -0.358. The minimum Gasteiger partial charge on any atom is -0.465 e. The summed E-state index contributed by atoms with van der Waals surface area (Å²) in [5.74, 6) is -0.0776. The van der Waals surface area contributed by atoms with Crippen LogP contribution in [0.15, 0.2) is 22.7 Å². The summed E-state index contributed by atoms with van der Waals surface area (Å²) in [5.41, 5.74) is 1.36. The van der Waals surface area contributed by atoms with Crippen molar-refractivity contribution in [2.75, 3.05) is 25.1 Å². The van der Waals surface area contributed by atoms with Crippen LogP contribution in [0.3, 0.4) is 0 Å². The molecule has 0 saturated carbocycles. The summed E-state index contributed by atoms with van der Waals surface area (Å²) < 4.78 is 5.62. The highest BCUT2D eigenvalue weighted by Crippen LogP contribution is 2.27. The van der Waals surface area contributed by atoms with Crippen molar-refractivity contribution < 1.29 is 14.3 Å². The van der Waals surface area contributed by atoms with Crippen molar-refractivity contribution in [2.45, 2.75) is 12.8 Å². The van der Waals surface area contributed by atoms with Crippen molar-refractivity contribution in [1.82, 2.24) is 0 Å². The van der Waals surface area contributed by atoms with E-state index >= 15 is 0 Å². The Morgan fingerprint density at radius 3 is 2.61 bits per heavy atom. The van der Waals surface area contributed by atoms with E-state index in [1.54, 1.807) is 6.07 Å². The number of esters is 1. The highest BCUT2D eigenvalue weighted by Gasteiger charge is 2.21. The summed E-state index contributed by atoms with van der Waals surface area (Å²) in [4.78, 5) is 25.1. The number of rotatable bonds is 2. The van der Waals surface area contributed by atoms with E-state index < -0.39 is 0 Å². The number of halogens is 1. The van der Waals surface area contributed by atoms with Gasteiger partial charge in [-0.3, -0.25) is 4.79 Å². The van der Waals surface area contributed by atoms with Gasteiger partial charge in [-0.15, -0.1) is 0 Å². The second-order valence-corrected chi connectivity index (χ2v) is 5.09. The first-order valence-electron chi connectivity index (χ1n) is 5.76. The quantitative estimate of drug-likeness (QED) is 0.787. The number of anilines is 1. The highest BCUT2D eigenvalue weighted by molar-refractivity contribution is 9.10. The fourth-order valence-corrected chi connectivity index (χ4v) is 2.42. The molecule has 0 spiro atoms. The fraction of sp³-hybridized carbons (Fsp3) is 0.385. The molecule has 4 nitrogen and oxygen atoms in total. The van der Waals surface area contributed by atoms with Crippen molar-refractivity contribution in [3.63, 3.8) is 0 Å². The number of methoxy groups -OCH3 is 1. The first-order chi connectivity index (χ1) is 8.61. The lowest BCUT2D eigenvalue weighted by Gasteiger charge is -2.29. The van der Waals surface area contributed by atoms with E-state index in [1.807, 2.05) is 12.1 Å². The highest BCUT2D eigenvalue weighted by atomic mass is 79.9. The number of ketones is 1. The number of hydrogen-bond acceptors (Lipinski definition) is 4. The van der Waals surface area contributed by atoms with Crippen molar-refractivity contribution in [1.29, 1.82) is 0 Å². The average Bonchev–Trinajstić information content (AvgIpc) is 2.39. The van der Waals surface area contributed by atoms with Gasteiger partial charge in [0, 0.05) is 30.4 Å². The number of piperidine rings is 1. The number of hydrogen-bond donors (Lipinski definition) is 0. The maximum atomic E-state index is 11.8. The van der Waals surface area contributed by atoms with Gasteiger partial charge in [-0.25, -0.2) is 4.79 Å². The molecule has 0 radical (unpaired) electrons. The molecule has 0 aromatic heterocycles. The van der Waals surface area contributed by atoms with Crippen LogP contribution in [0, 0.1) is 0 Å². The van der Waals surface area contributed by atoms with Gasteiger partial charge in [0.15, 0.2) is 0 Å². The third-order valence-corrected chi connectivity index (χ3v) is 3.52. The Kier molecular flexibility index (Phi) is 4.01. The first kappa shape index (κ1) is 13.1. The molecule has 1 aromatic carbocycles. The van der Waals surface area contributed by atoms with Crippen molar-refractivity contribution in [2.24, 2.45) is 0 Å². The van der Waals surface area contributed by atoms with Crippen LogP contribution in [0.1, 0.15) is 23.2 Å². The Hall–Kier alpha value is -1.36. The molecular formula is C13H14BrNO3. The van der Waals surface area contributed by atoms with Crippen LogP contribution >= 0.6 is 15.9 Å². The van der Waals surface area contributed by atoms with E-state index in [0.29, 0.717) is 31.5 Å². The Bertz CT molecular complexity index is 477. The van der Waals surface area contributed by atoms with Crippen LogP contribution in [0.25, 0.3) is 0 Å². The molecule has 0 N–H and O–H groups in total. The molecule has 5 heteroatoms. The molecule has 1 aliphatic heterocycles. The number of nitrogens with zero attached hydrogens (tertiary/aromatic N) is 1.